The van der Waals surface area contributed by atoms with E-state index in [9.17, 15) is 0 Å². The van der Waals surface area contributed by atoms with Crippen LogP contribution in [0.1, 0.15) is 18.1 Å². The van der Waals surface area contributed by atoms with Gasteiger partial charge >= 0.3 is 0 Å². The summed E-state index contributed by atoms with van der Waals surface area (Å²) < 4.78 is 11.6. The maximum atomic E-state index is 5.92. The molecule has 0 spiro atoms. The number of hydrogen-bond acceptors (Lipinski definition) is 4. The second kappa shape index (κ2) is 10.0. The summed E-state index contributed by atoms with van der Waals surface area (Å²) in [7, 11) is 0. The Balaban J connectivity index is 1.66. The lowest BCUT2D eigenvalue weighted by molar-refractivity contribution is 0.269. The van der Waals surface area contributed by atoms with Crippen LogP contribution in [0.3, 0.4) is 0 Å². The van der Waals surface area contributed by atoms with Gasteiger partial charge in [-0.15, -0.1) is 0 Å². The van der Waals surface area contributed by atoms with Gasteiger partial charge in [-0.05, 0) is 72.6 Å². The summed E-state index contributed by atoms with van der Waals surface area (Å²) in [5.41, 5.74) is 5.75. The molecule has 4 nitrogen and oxygen atoms in total. The van der Waals surface area contributed by atoms with Crippen LogP contribution >= 0.6 is 23.2 Å². The van der Waals surface area contributed by atoms with E-state index in [-0.39, 0.29) is 0 Å². The van der Waals surface area contributed by atoms with Gasteiger partial charge in [-0.1, -0.05) is 35.3 Å². The van der Waals surface area contributed by atoms with E-state index in [1.165, 1.54) is 0 Å². The van der Waals surface area contributed by atoms with Gasteiger partial charge in [0.25, 0.3) is 0 Å². The fourth-order valence-electron chi connectivity index (χ4n) is 2.44. The van der Waals surface area contributed by atoms with E-state index in [1.54, 1.807) is 18.3 Å². The van der Waals surface area contributed by atoms with Crippen molar-refractivity contribution < 1.29 is 9.47 Å². The number of hydrogen-bond donors (Lipinski definition) is 1. The lowest BCUT2D eigenvalue weighted by Gasteiger charge is -2.12. The highest BCUT2D eigenvalue weighted by molar-refractivity contribution is 6.30. The van der Waals surface area contributed by atoms with E-state index in [0.29, 0.717) is 34.8 Å². The van der Waals surface area contributed by atoms with Gasteiger partial charge in [0.05, 0.1) is 18.5 Å². The minimum absolute atomic E-state index is 0.433. The normalized spacial score (nSPS) is 10.8. The second-order valence-electron chi connectivity index (χ2n) is 5.93. The Morgan fingerprint density at radius 1 is 0.857 bits per heavy atom. The highest BCUT2D eigenvalue weighted by Gasteiger charge is 2.06. The molecule has 0 fully saturated rings. The molecule has 0 aliphatic carbocycles. The number of nitrogens with zero attached hydrogens (tertiary/aromatic N) is 1. The summed E-state index contributed by atoms with van der Waals surface area (Å²) >= 11 is 11.8. The molecule has 0 aliphatic rings. The van der Waals surface area contributed by atoms with E-state index < -0.39 is 0 Å². The van der Waals surface area contributed by atoms with Gasteiger partial charge in [-0.2, -0.15) is 5.10 Å². The highest BCUT2D eigenvalue weighted by atomic mass is 35.5. The lowest BCUT2D eigenvalue weighted by atomic mass is 10.2. The van der Waals surface area contributed by atoms with Crippen LogP contribution in [0.15, 0.2) is 71.8 Å². The first-order valence-electron chi connectivity index (χ1n) is 8.83. The largest absolute Gasteiger partial charge is 0.490 e. The minimum Gasteiger partial charge on any atom is -0.490 e. The zero-order valence-electron chi connectivity index (χ0n) is 15.4. The Labute approximate surface area is 174 Å². The van der Waals surface area contributed by atoms with Crippen LogP contribution in [-0.2, 0) is 6.61 Å². The van der Waals surface area contributed by atoms with Crippen molar-refractivity contribution in [2.75, 3.05) is 12.0 Å². The number of benzene rings is 3. The minimum atomic E-state index is 0.433. The summed E-state index contributed by atoms with van der Waals surface area (Å²) in [5, 5.41) is 5.64. The van der Waals surface area contributed by atoms with Gasteiger partial charge in [-0.3, -0.25) is 5.43 Å². The van der Waals surface area contributed by atoms with E-state index in [2.05, 4.69) is 10.5 Å². The van der Waals surface area contributed by atoms with Crippen LogP contribution in [-0.4, -0.2) is 12.8 Å². The summed E-state index contributed by atoms with van der Waals surface area (Å²) in [6.45, 7) is 2.91. The van der Waals surface area contributed by atoms with Crippen molar-refractivity contribution in [2.45, 2.75) is 13.5 Å². The maximum absolute atomic E-state index is 5.92. The average Bonchev–Trinajstić information content (AvgIpc) is 2.70. The molecule has 0 bridgehead atoms. The standard InChI is InChI=1S/C22H20Cl2N2O2/c1-2-27-22-13-17(14-25-26-20-10-8-19(24)9-11-20)5-12-21(22)28-15-16-3-6-18(23)7-4-16/h3-14,26H,2,15H2,1H3. The van der Waals surface area contributed by atoms with Crippen molar-refractivity contribution in [3.8, 4) is 11.5 Å². The Morgan fingerprint density at radius 2 is 1.54 bits per heavy atom. The van der Waals surface area contributed by atoms with Crippen molar-refractivity contribution in [3.05, 3.63) is 87.9 Å². The molecule has 0 aromatic heterocycles. The molecule has 0 unspecified atom stereocenters. The molecule has 1 N–H and O–H groups in total. The zero-order valence-corrected chi connectivity index (χ0v) is 16.9. The summed E-state index contributed by atoms with van der Waals surface area (Å²) in [6, 6.07) is 20.6. The van der Waals surface area contributed by atoms with Crippen LogP contribution in [0.4, 0.5) is 5.69 Å². The van der Waals surface area contributed by atoms with E-state index in [4.69, 9.17) is 32.7 Å². The molecule has 6 heteroatoms. The molecular weight excluding hydrogens is 395 g/mol. The Bertz CT molecular complexity index is 926. The number of hydrazone groups is 1. The van der Waals surface area contributed by atoms with Gasteiger partial charge in [-0.25, -0.2) is 0 Å². The number of halogens is 2. The second-order valence-corrected chi connectivity index (χ2v) is 6.80. The quantitative estimate of drug-likeness (QED) is 0.341. The summed E-state index contributed by atoms with van der Waals surface area (Å²) in [6.07, 6.45) is 1.72. The molecule has 144 valence electrons. The molecule has 3 aromatic carbocycles. The van der Waals surface area contributed by atoms with Crippen LogP contribution in [0.25, 0.3) is 0 Å². The average molecular weight is 415 g/mol. The van der Waals surface area contributed by atoms with Crippen LogP contribution in [0.2, 0.25) is 10.0 Å². The first-order chi connectivity index (χ1) is 13.6. The lowest BCUT2D eigenvalue weighted by Crippen LogP contribution is -2.00. The number of anilines is 1. The van der Waals surface area contributed by atoms with Gasteiger partial charge in [0.2, 0.25) is 0 Å². The molecular formula is C22H20Cl2N2O2. The smallest absolute Gasteiger partial charge is 0.161 e. The topological polar surface area (TPSA) is 42.8 Å². The van der Waals surface area contributed by atoms with Gasteiger partial charge in [0, 0.05) is 10.0 Å². The summed E-state index contributed by atoms with van der Waals surface area (Å²) in [5.74, 6) is 1.35. The first-order valence-corrected chi connectivity index (χ1v) is 9.58. The van der Waals surface area contributed by atoms with E-state index in [0.717, 1.165) is 16.8 Å². The third-order valence-corrected chi connectivity index (χ3v) is 4.33. The zero-order chi connectivity index (χ0) is 19.8. The van der Waals surface area contributed by atoms with Crippen LogP contribution in [0.5, 0.6) is 11.5 Å². The molecule has 0 saturated heterocycles. The van der Waals surface area contributed by atoms with Gasteiger partial charge in [0.1, 0.15) is 6.61 Å². The van der Waals surface area contributed by atoms with Crippen molar-refractivity contribution >= 4 is 35.1 Å². The van der Waals surface area contributed by atoms with Crippen LogP contribution < -0.4 is 14.9 Å². The molecule has 0 saturated carbocycles. The summed E-state index contributed by atoms with van der Waals surface area (Å²) in [4.78, 5) is 0. The molecule has 0 atom stereocenters. The number of ether oxygens (including phenoxy) is 2. The molecule has 0 heterocycles. The molecule has 0 radical (unpaired) electrons. The first kappa shape index (κ1) is 20.1. The monoisotopic (exact) mass is 414 g/mol. The fraction of sp³-hybridized carbons (Fsp3) is 0.136. The molecule has 3 rings (SSSR count). The van der Waals surface area contributed by atoms with Crippen molar-refractivity contribution in [1.29, 1.82) is 0 Å². The van der Waals surface area contributed by atoms with E-state index >= 15 is 0 Å². The number of rotatable bonds is 8. The van der Waals surface area contributed by atoms with Crippen molar-refractivity contribution in [1.82, 2.24) is 0 Å². The predicted molar refractivity (Wildman–Crippen MR) is 116 cm³/mol. The van der Waals surface area contributed by atoms with Gasteiger partial charge < -0.3 is 9.47 Å². The molecule has 28 heavy (non-hydrogen) atoms. The van der Waals surface area contributed by atoms with E-state index in [1.807, 2.05) is 61.5 Å². The molecule has 3 aromatic rings. The Kier molecular flexibility index (Phi) is 7.18. The third-order valence-electron chi connectivity index (χ3n) is 3.83. The Morgan fingerprint density at radius 3 is 2.21 bits per heavy atom. The Hall–Kier alpha value is -2.69. The third kappa shape index (κ3) is 5.91. The molecule has 0 aliphatic heterocycles. The van der Waals surface area contributed by atoms with Gasteiger partial charge in [0.15, 0.2) is 11.5 Å². The fourth-order valence-corrected chi connectivity index (χ4v) is 2.69. The predicted octanol–water partition coefficient (Wildman–Crippen LogP) is 6.42. The van der Waals surface area contributed by atoms with Crippen molar-refractivity contribution in [2.24, 2.45) is 5.10 Å². The van der Waals surface area contributed by atoms with Crippen LogP contribution in [0, 0.1) is 0 Å². The SMILES string of the molecule is CCOc1cc(C=NNc2ccc(Cl)cc2)ccc1OCc1ccc(Cl)cc1. The van der Waals surface area contributed by atoms with Crippen molar-refractivity contribution in [3.63, 3.8) is 0 Å². The highest BCUT2D eigenvalue weighted by Crippen LogP contribution is 2.29. The number of nitrogens with one attached hydrogen (secondary N) is 1. The molecule has 0 amide bonds. The maximum Gasteiger partial charge on any atom is 0.161 e.